The first-order valence-electron chi connectivity index (χ1n) is 6.22. The monoisotopic (exact) mass is 264 g/mol. The van der Waals surface area contributed by atoms with Crippen LogP contribution >= 0.6 is 12.4 Å². The van der Waals surface area contributed by atoms with E-state index in [0.29, 0.717) is 5.57 Å². The molecule has 104 valence electrons. The summed E-state index contributed by atoms with van der Waals surface area (Å²) in [5.74, 6) is -0.316. The number of carbonyl (C=O) groups excluding carboxylic acids is 1. The minimum Gasteiger partial charge on any atom is -0.366 e. The minimum atomic E-state index is -0.316. The van der Waals surface area contributed by atoms with Crippen LogP contribution in [0.15, 0.2) is 11.6 Å². The number of halogens is 1. The molecule has 0 aromatic heterocycles. The predicted octanol–water partition coefficient (Wildman–Crippen LogP) is 2.99. The van der Waals surface area contributed by atoms with E-state index in [2.05, 4.69) is 32.6 Å². The first-order chi connectivity index (χ1) is 7.53. The summed E-state index contributed by atoms with van der Waals surface area (Å²) in [6.07, 6.45) is 3.86. The van der Waals surface area contributed by atoms with E-state index in [1.54, 1.807) is 6.92 Å². The third-order valence-corrected chi connectivity index (χ3v) is 2.47. The number of allylic oxidation sites excluding steroid dienone is 1. The van der Waals surface area contributed by atoms with E-state index >= 15 is 0 Å². The Hall–Kier alpha value is -0.540. The molecule has 0 aromatic rings. The Morgan fingerprint density at radius 3 is 1.71 bits per heavy atom. The first kappa shape index (κ1) is 21.7. The van der Waals surface area contributed by atoms with Crippen LogP contribution in [0.1, 0.15) is 47.5 Å². The van der Waals surface area contributed by atoms with Gasteiger partial charge in [0.25, 0.3) is 0 Å². The molecular formula is C13H29ClN2O. The van der Waals surface area contributed by atoms with E-state index in [1.807, 2.05) is 6.08 Å². The highest BCUT2D eigenvalue weighted by atomic mass is 35.5. The second-order valence-corrected chi connectivity index (χ2v) is 3.66. The summed E-state index contributed by atoms with van der Waals surface area (Å²) < 4.78 is 0. The number of unbranched alkanes of at least 4 members (excludes halogenated alkanes) is 1. The number of amides is 1. The lowest BCUT2D eigenvalue weighted by Gasteiger charge is -2.13. The van der Waals surface area contributed by atoms with Crippen LogP contribution < -0.4 is 5.73 Å². The molecule has 1 amide bonds. The van der Waals surface area contributed by atoms with Gasteiger partial charge in [0.05, 0.1) is 0 Å². The van der Waals surface area contributed by atoms with Gasteiger partial charge >= 0.3 is 0 Å². The largest absolute Gasteiger partial charge is 0.366 e. The zero-order chi connectivity index (χ0) is 13.0. The standard InChI is InChI=1S/C7H13NO.C6H15N.ClH/c1-3-4-5-6(2)7(8)9;1-4-7(5-2)6-3;/h5H,3-4H2,1-2H3,(H2,8,9);4-6H2,1-3H3;1H. The lowest BCUT2D eigenvalue weighted by Crippen LogP contribution is -2.21. The molecule has 0 aliphatic heterocycles. The van der Waals surface area contributed by atoms with Gasteiger partial charge in [0.2, 0.25) is 5.91 Å². The maximum Gasteiger partial charge on any atom is 0.244 e. The maximum absolute atomic E-state index is 10.4. The van der Waals surface area contributed by atoms with Crippen molar-refractivity contribution in [3.05, 3.63) is 11.6 Å². The zero-order valence-corrected chi connectivity index (χ0v) is 12.8. The van der Waals surface area contributed by atoms with Crippen LogP contribution in [0.3, 0.4) is 0 Å². The number of hydrogen-bond donors (Lipinski definition) is 1. The van der Waals surface area contributed by atoms with Crippen LogP contribution in [0.2, 0.25) is 0 Å². The molecule has 0 radical (unpaired) electrons. The van der Waals surface area contributed by atoms with E-state index in [9.17, 15) is 4.79 Å². The van der Waals surface area contributed by atoms with Crippen molar-refractivity contribution < 1.29 is 4.79 Å². The Morgan fingerprint density at radius 1 is 1.12 bits per heavy atom. The van der Waals surface area contributed by atoms with Gasteiger partial charge in [0.1, 0.15) is 0 Å². The molecule has 0 unspecified atom stereocenters. The molecule has 0 rings (SSSR count). The van der Waals surface area contributed by atoms with Crippen LogP contribution in [-0.2, 0) is 4.79 Å². The highest BCUT2D eigenvalue weighted by Crippen LogP contribution is 1.95. The SMILES string of the molecule is CCCC=C(C)C(N)=O.CCN(CC)CC.Cl. The number of carbonyl (C=O) groups is 1. The summed E-state index contributed by atoms with van der Waals surface area (Å²) >= 11 is 0. The summed E-state index contributed by atoms with van der Waals surface area (Å²) in [5.41, 5.74) is 5.63. The molecule has 0 saturated heterocycles. The van der Waals surface area contributed by atoms with Gasteiger partial charge in [-0.05, 0) is 33.0 Å². The van der Waals surface area contributed by atoms with Gasteiger partial charge in [0, 0.05) is 5.57 Å². The summed E-state index contributed by atoms with van der Waals surface area (Å²) in [6.45, 7) is 13.9. The predicted molar refractivity (Wildman–Crippen MR) is 78.6 cm³/mol. The summed E-state index contributed by atoms with van der Waals surface area (Å²) in [5, 5.41) is 0. The third-order valence-electron chi connectivity index (χ3n) is 2.47. The van der Waals surface area contributed by atoms with Crippen molar-refractivity contribution in [2.45, 2.75) is 47.5 Å². The average Bonchev–Trinajstić information content (AvgIpc) is 2.29. The molecule has 0 aliphatic rings. The summed E-state index contributed by atoms with van der Waals surface area (Å²) in [6, 6.07) is 0. The number of nitrogens with zero attached hydrogens (tertiary/aromatic N) is 1. The quantitative estimate of drug-likeness (QED) is 0.750. The van der Waals surface area contributed by atoms with Gasteiger partial charge in [0.15, 0.2) is 0 Å². The maximum atomic E-state index is 10.4. The van der Waals surface area contributed by atoms with Crippen LogP contribution in [0.4, 0.5) is 0 Å². The van der Waals surface area contributed by atoms with E-state index in [-0.39, 0.29) is 18.3 Å². The van der Waals surface area contributed by atoms with Gasteiger partial charge in [-0.2, -0.15) is 0 Å². The molecule has 0 bridgehead atoms. The summed E-state index contributed by atoms with van der Waals surface area (Å²) in [4.78, 5) is 12.7. The lowest BCUT2D eigenvalue weighted by molar-refractivity contribution is -0.114. The number of rotatable bonds is 6. The van der Waals surface area contributed by atoms with Crippen LogP contribution in [0.25, 0.3) is 0 Å². The zero-order valence-electron chi connectivity index (χ0n) is 12.0. The highest BCUT2D eigenvalue weighted by molar-refractivity contribution is 5.91. The Labute approximate surface area is 113 Å². The fourth-order valence-electron chi connectivity index (χ4n) is 1.13. The molecule has 17 heavy (non-hydrogen) atoms. The number of primary amides is 1. The van der Waals surface area contributed by atoms with Crippen molar-refractivity contribution in [1.82, 2.24) is 4.90 Å². The molecule has 0 spiro atoms. The number of hydrogen-bond acceptors (Lipinski definition) is 2. The molecule has 0 aromatic carbocycles. The van der Waals surface area contributed by atoms with Gasteiger partial charge in [-0.1, -0.05) is 40.2 Å². The molecule has 0 aliphatic carbocycles. The van der Waals surface area contributed by atoms with Gasteiger partial charge in [-0.25, -0.2) is 0 Å². The summed E-state index contributed by atoms with van der Waals surface area (Å²) in [7, 11) is 0. The third kappa shape index (κ3) is 15.5. The van der Waals surface area contributed by atoms with E-state index in [4.69, 9.17) is 5.73 Å². The van der Waals surface area contributed by atoms with Crippen molar-refractivity contribution >= 4 is 18.3 Å². The topological polar surface area (TPSA) is 46.3 Å². The van der Waals surface area contributed by atoms with Crippen LogP contribution in [0.5, 0.6) is 0 Å². The van der Waals surface area contributed by atoms with Gasteiger partial charge < -0.3 is 10.6 Å². The smallest absolute Gasteiger partial charge is 0.244 e. The average molecular weight is 265 g/mol. The first-order valence-corrected chi connectivity index (χ1v) is 6.22. The van der Waals surface area contributed by atoms with E-state index in [0.717, 1.165) is 12.8 Å². The second-order valence-electron chi connectivity index (χ2n) is 3.66. The minimum absolute atomic E-state index is 0. The van der Waals surface area contributed by atoms with Crippen LogP contribution in [0, 0.1) is 0 Å². The highest BCUT2D eigenvalue weighted by Gasteiger charge is 1.93. The van der Waals surface area contributed by atoms with Gasteiger partial charge in [-0.15, -0.1) is 12.4 Å². The Kier molecular flexibility index (Phi) is 19.7. The van der Waals surface area contributed by atoms with Crippen molar-refractivity contribution in [1.29, 1.82) is 0 Å². The molecule has 2 N–H and O–H groups in total. The Balaban J connectivity index is -0.000000224. The number of nitrogens with two attached hydrogens (primary N) is 1. The van der Waals surface area contributed by atoms with E-state index in [1.165, 1.54) is 19.6 Å². The lowest BCUT2D eigenvalue weighted by atomic mass is 10.2. The molecule has 0 atom stereocenters. The molecule has 3 nitrogen and oxygen atoms in total. The fraction of sp³-hybridized carbons (Fsp3) is 0.769. The van der Waals surface area contributed by atoms with Crippen molar-refractivity contribution in [3.63, 3.8) is 0 Å². The molecule has 0 saturated carbocycles. The van der Waals surface area contributed by atoms with Crippen molar-refractivity contribution in [3.8, 4) is 0 Å². The van der Waals surface area contributed by atoms with Gasteiger partial charge in [-0.3, -0.25) is 4.79 Å². The van der Waals surface area contributed by atoms with Crippen molar-refractivity contribution in [2.75, 3.05) is 19.6 Å². The second kappa shape index (κ2) is 15.5. The molecular weight excluding hydrogens is 236 g/mol. The van der Waals surface area contributed by atoms with E-state index < -0.39 is 0 Å². The molecule has 0 heterocycles. The molecule has 0 fully saturated rings. The van der Waals surface area contributed by atoms with Crippen molar-refractivity contribution in [2.24, 2.45) is 5.73 Å². The van der Waals surface area contributed by atoms with Crippen LogP contribution in [-0.4, -0.2) is 30.4 Å². The fourth-order valence-corrected chi connectivity index (χ4v) is 1.13. The Morgan fingerprint density at radius 2 is 1.53 bits per heavy atom. The normalized spacial score (nSPS) is 10.4. The molecule has 4 heteroatoms. The Bertz CT molecular complexity index is 196.